The zero-order valence-electron chi connectivity index (χ0n) is 14.8. The summed E-state index contributed by atoms with van der Waals surface area (Å²) >= 11 is 1.61. The van der Waals surface area contributed by atoms with E-state index in [2.05, 4.69) is 15.5 Å². The molecule has 2 atom stereocenters. The minimum Gasteiger partial charge on any atom is -0.494 e. The zero-order chi connectivity index (χ0) is 19.0. The summed E-state index contributed by atoms with van der Waals surface area (Å²) in [7, 11) is 1.63. The Morgan fingerprint density at radius 1 is 1.30 bits per heavy atom. The average Bonchev–Trinajstić information content (AvgIpc) is 3.12. The summed E-state index contributed by atoms with van der Waals surface area (Å²) in [4.78, 5) is 20.6. The van der Waals surface area contributed by atoms with Crippen LogP contribution in [0.2, 0.25) is 0 Å². The van der Waals surface area contributed by atoms with Crippen molar-refractivity contribution in [3.8, 4) is 5.75 Å². The number of nitrogens with one attached hydrogen (secondary N) is 2. The van der Waals surface area contributed by atoms with Crippen LogP contribution in [0.3, 0.4) is 0 Å². The smallest absolute Gasteiger partial charge is 0.254 e. The Labute approximate surface area is 159 Å². The molecule has 1 aromatic carbocycles. The highest BCUT2D eigenvalue weighted by atomic mass is 32.1. The van der Waals surface area contributed by atoms with Crippen molar-refractivity contribution in [2.75, 3.05) is 38.2 Å². The number of nitrogens with zero attached hydrogens (tertiary/aromatic N) is 3. The third-order valence-corrected chi connectivity index (χ3v) is 6.00. The molecule has 2 aliphatic rings. The Balaban J connectivity index is 1.42. The standard InChI is InChI=1S/C17H21F2N5O2S/c1-26-11-3-2-4-12-14(11)22-17(27-12)24-7-5-23(6-8-24)16-20-10(15(18)19)9-13(25)21-16/h2-4,10,15-16,20H,5-9H2,1H3,(H,21,25). The quantitative estimate of drug-likeness (QED) is 0.814. The van der Waals surface area contributed by atoms with Crippen LogP contribution in [0.4, 0.5) is 13.9 Å². The number of para-hydroxylation sites is 1. The molecule has 10 heteroatoms. The lowest BCUT2D eigenvalue weighted by Gasteiger charge is -2.42. The summed E-state index contributed by atoms with van der Waals surface area (Å²) in [6, 6.07) is 4.75. The second-order valence-electron chi connectivity index (χ2n) is 6.61. The van der Waals surface area contributed by atoms with Gasteiger partial charge in [-0.2, -0.15) is 0 Å². The van der Waals surface area contributed by atoms with E-state index in [1.807, 2.05) is 23.1 Å². The third kappa shape index (κ3) is 3.69. The summed E-state index contributed by atoms with van der Waals surface area (Å²) in [5.74, 6) is 0.408. The molecule has 27 heavy (non-hydrogen) atoms. The van der Waals surface area contributed by atoms with Gasteiger partial charge in [0.1, 0.15) is 17.6 Å². The molecular formula is C17H21F2N5O2S. The number of anilines is 1. The van der Waals surface area contributed by atoms with Crippen LogP contribution in [0.25, 0.3) is 10.2 Å². The number of fused-ring (bicyclic) bond motifs is 1. The first-order valence-corrected chi connectivity index (χ1v) is 9.63. The lowest BCUT2D eigenvalue weighted by atomic mass is 10.1. The Morgan fingerprint density at radius 3 is 2.78 bits per heavy atom. The Bertz CT molecular complexity index is 825. The number of aromatic nitrogens is 1. The van der Waals surface area contributed by atoms with E-state index in [0.717, 1.165) is 21.1 Å². The third-order valence-electron chi connectivity index (χ3n) is 4.92. The highest BCUT2D eigenvalue weighted by Crippen LogP contribution is 2.34. The number of alkyl halides is 2. The monoisotopic (exact) mass is 397 g/mol. The van der Waals surface area contributed by atoms with Gasteiger partial charge in [0.25, 0.3) is 6.43 Å². The number of thiazole rings is 1. The van der Waals surface area contributed by atoms with Crippen LogP contribution in [0, 0.1) is 0 Å². The fourth-order valence-electron chi connectivity index (χ4n) is 3.46. The maximum Gasteiger partial charge on any atom is 0.254 e. The zero-order valence-corrected chi connectivity index (χ0v) is 15.6. The molecule has 2 aromatic rings. The fraction of sp³-hybridized carbons (Fsp3) is 0.529. The molecule has 146 valence electrons. The number of carbonyl (C=O) groups is 1. The molecule has 0 aliphatic carbocycles. The molecule has 2 aliphatic heterocycles. The van der Waals surface area contributed by atoms with Crippen LogP contribution in [-0.2, 0) is 4.79 Å². The minimum absolute atomic E-state index is 0.193. The van der Waals surface area contributed by atoms with Crippen molar-refractivity contribution in [3.63, 3.8) is 0 Å². The van der Waals surface area contributed by atoms with Gasteiger partial charge in [0.05, 0.1) is 17.9 Å². The van der Waals surface area contributed by atoms with Crippen LogP contribution in [-0.4, -0.2) is 67.8 Å². The predicted molar refractivity (Wildman–Crippen MR) is 99.4 cm³/mol. The maximum atomic E-state index is 13.0. The second kappa shape index (κ2) is 7.53. The molecule has 1 aromatic heterocycles. The number of benzene rings is 1. The molecule has 1 amide bonds. The van der Waals surface area contributed by atoms with E-state index < -0.39 is 18.8 Å². The van der Waals surface area contributed by atoms with Gasteiger partial charge in [-0.05, 0) is 12.1 Å². The maximum absolute atomic E-state index is 13.0. The van der Waals surface area contributed by atoms with Crippen molar-refractivity contribution in [2.45, 2.75) is 25.2 Å². The van der Waals surface area contributed by atoms with Crippen LogP contribution in [0.15, 0.2) is 18.2 Å². The molecule has 3 heterocycles. The Hall–Kier alpha value is -2.04. The van der Waals surface area contributed by atoms with E-state index in [1.165, 1.54) is 0 Å². The molecule has 7 nitrogen and oxygen atoms in total. The molecule has 4 rings (SSSR count). The van der Waals surface area contributed by atoms with Gasteiger partial charge in [0.15, 0.2) is 5.13 Å². The van der Waals surface area contributed by atoms with E-state index in [1.54, 1.807) is 18.4 Å². The molecule has 2 saturated heterocycles. The van der Waals surface area contributed by atoms with Gasteiger partial charge in [0, 0.05) is 32.6 Å². The highest BCUT2D eigenvalue weighted by molar-refractivity contribution is 7.22. The molecule has 2 fully saturated rings. The molecule has 2 N–H and O–H groups in total. The van der Waals surface area contributed by atoms with Crippen LogP contribution in [0.5, 0.6) is 5.75 Å². The number of piperazine rings is 1. The number of hydrogen-bond acceptors (Lipinski definition) is 7. The highest BCUT2D eigenvalue weighted by Gasteiger charge is 2.35. The summed E-state index contributed by atoms with van der Waals surface area (Å²) in [6.45, 7) is 2.69. The lowest BCUT2D eigenvalue weighted by molar-refractivity contribution is -0.129. The number of rotatable bonds is 4. The number of hydrogen-bond donors (Lipinski definition) is 2. The van der Waals surface area contributed by atoms with Crippen molar-refractivity contribution < 1.29 is 18.3 Å². The van der Waals surface area contributed by atoms with Gasteiger partial charge in [-0.15, -0.1) is 0 Å². The second-order valence-corrected chi connectivity index (χ2v) is 7.62. The van der Waals surface area contributed by atoms with Crippen molar-refractivity contribution in [1.82, 2.24) is 20.5 Å². The minimum atomic E-state index is -2.56. The largest absolute Gasteiger partial charge is 0.494 e. The summed E-state index contributed by atoms with van der Waals surface area (Å²) in [6.07, 6.45) is -3.30. The van der Waals surface area contributed by atoms with Crippen molar-refractivity contribution in [1.29, 1.82) is 0 Å². The number of amides is 1. The van der Waals surface area contributed by atoms with Gasteiger partial charge in [-0.1, -0.05) is 17.4 Å². The lowest BCUT2D eigenvalue weighted by Crippen LogP contribution is -2.67. The van der Waals surface area contributed by atoms with Crippen LogP contribution < -0.4 is 20.3 Å². The normalized spacial score (nSPS) is 24.4. The van der Waals surface area contributed by atoms with Gasteiger partial charge < -0.3 is 15.0 Å². The SMILES string of the molecule is COc1cccc2sc(N3CCN(C4NC(=O)CC(C(F)F)N4)CC3)nc12. The summed E-state index contributed by atoms with van der Waals surface area (Å²) in [5.41, 5.74) is 0.850. The van der Waals surface area contributed by atoms with Crippen molar-refractivity contribution in [2.24, 2.45) is 0 Å². The molecule has 0 bridgehead atoms. The molecule has 0 spiro atoms. The van der Waals surface area contributed by atoms with Gasteiger partial charge in [0.2, 0.25) is 5.91 Å². The number of carbonyl (C=O) groups excluding carboxylic acids is 1. The Kier molecular flexibility index (Phi) is 5.11. The molecule has 0 radical (unpaired) electrons. The topological polar surface area (TPSA) is 69.7 Å². The first kappa shape index (κ1) is 18.3. The number of ether oxygens (including phenoxy) is 1. The van der Waals surface area contributed by atoms with E-state index in [-0.39, 0.29) is 12.3 Å². The van der Waals surface area contributed by atoms with Gasteiger partial charge in [-0.25, -0.2) is 13.8 Å². The average molecular weight is 397 g/mol. The van der Waals surface area contributed by atoms with Gasteiger partial charge in [-0.3, -0.25) is 15.0 Å². The van der Waals surface area contributed by atoms with Crippen molar-refractivity contribution in [3.05, 3.63) is 18.2 Å². The summed E-state index contributed by atoms with van der Waals surface area (Å²) in [5, 5.41) is 6.51. The Morgan fingerprint density at radius 2 is 2.07 bits per heavy atom. The molecule has 2 unspecified atom stereocenters. The number of methoxy groups -OCH3 is 1. The molecule has 0 saturated carbocycles. The van der Waals surface area contributed by atoms with Crippen molar-refractivity contribution >= 4 is 32.6 Å². The predicted octanol–water partition coefficient (Wildman–Crippen LogP) is 1.45. The molecular weight excluding hydrogens is 376 g/mol. The number of halogens is 2. The van der Waals surface area contributed by atoms with Crippen LogP contribution >= 0.6 is 11.3 Å². The summed E-state index contributed by atoms with van der Waals surface area (Å²) < 4.78 is 32.4. The fourth-order valence-corrected chi connectivity index (χ4v) is 4.49. The van der Waals surface area contributed by atoms with E-state index >= 15 is 0 Å². The first-order valence-electron chi connectivity index (χ1n) is 8.81. The van der Waals surface area contributed by atoms with E-state index in [4.69, 9.17) is 9.72 Å². The van der Waals surface area contributed by atoms with Gasteiger partial charge >= 0.3 is 0 Å². The first-order chi connectivity index (χ1) is 13.0. The van der Waals surface area contributed by atoms with Crippen LogP contribution in [0.1, 0.15) is 6.42 Å². The van der Waals surface area contributed by atoms with E-state index in [0.29, 0.717) is 26.2 Å². The van der Waals surface area contributed by atoms with E-state index in [9.17, 15) is 13.6 Å².